The monoisotopic (exact) mass is 369 g/mol. The van der Waals surface area contributed by atoms with Crippen LogP contribution < -0.4 is 0 Å². The molecule has 1 atom stereocenters. The number of benzene rings is 2. The Balaban J connectivity index is 1.53. The second-order valence-electron chi connectivity index (χ2n) is 6.53. The summed E-state index contributed by atoms with van der Waals surface area (Å²) in [6, 6.07) is 20.0. The van der Waals surface area contributed by atoms with E-state index < -0.39 is 6.10 Å². The van der Waals surface area contributed by atoms with Crippen molar-refractivity contribution >= 4 is 0 Å². The summed E-state index contributed by atoms with van der Waals surface area (Å²) < 4.78 is 24.2. The van der Waals surface area contributed by atoms with E-state index in [1.807, 2.05) is 42.5 Å². The van der Waals surface area contributed by atoms with Crippen molar-refractivity contribution in [2.75, 3.05) is 13.2 Å². The minimum Gasteiger partial charge on any atom is -0.468 e. The predicted octanol–water partition coefficient (Wildman–Crippen LogP) is 4.00. The fourth-order valence-electron chi connectivity index (χ4n) is 2.89. The molecule has 1 heterocycles. The average molecular weight is 369 g/mol. The molecule has 3 aromatic rings. The van der Waals surface area contributed by atoms with Crippen molar-refractivity contribution in [1.82, 2.24) is 4.90 Å². The van der Waals surface area contributed by atoms with Crippen LogP contribution in [-0.2, 0) is 24.4 Å². The summed E-state index contributed by atoms with van der Waals surface area (Å²) in [5.41, 5.74) is 2.05. The first-order chi connectivity index (χ1) is 13.2. The van der Waals surface area contributed by atoms with Crippen molar-refractivity contribution < 1.29 is 18.7 Å². The Morgan fingerprint density at radius 1 is 0.926 bits per heavy atom. The minimum absolute atomic E-state index is 0.243. The molecule has 0 spiro atoms. The highest BCUT2D eigenvalue weighted by Crippen LogP contribution is 2.12. The molecule has 3 rings (SSSR count). The number of hydrogen-bond acceptors (Lipinski definition) is 4. The van der Waals surface area contributed by atoms with Gasteiger partial charge in [0.05, 0.1) is 32.1 Å². The third-order valence-electron chi connectivity index (χ3n) is 4.17. The summed E-state index contributed by atoms with van der Waals surface area (Å²) in [5, 5.41) is 10.4. The molecule has 4 nitrogen and oxygen atoms in total. The number of aliphatic hydroxyl groups excluding tert-OH is 1. The quantitative estimate of drug-likeness (QED) is 0.587. The van der Waals surface area contributed by atoms with Crippen LogP contribution in [0.15, 0.2) is 77.4 Å². The molecule has 2 aromatic carbocycles. The Morgan fingerprint density at radius 2 is 1.70 bits per heavy atom. The van der Waals surface area contributed by atoms with Crippen molar-refractivity contribution in [1.29, 1.82) is 0 Å². The number of nitrogens with zero attached hydrogens (tertiary/aromatic N) is 1. The van der Waals surface area contributed by atoms with Crippen LogP contribution in [0.4, 0.5) is 4.39 Å². The van der Waals surface area contributed by atoms with Crippen molar-refractivity contribution in [2.24, 2.45) is 0 Å². The lowest BCUT2D eigenvalue weighted by Gasteiger charge is -2.24. The van der Waals surface area contributed by atoms with Crippen molar-refractivity contribution in [3.05, 3.63) is 95.7 Å². The number of furan rings is 1. The molecule has 5 heteroatoms. The van der Waals surface area contributed by atoms with Gasteiger partial charge in [0.15, 0.2) is 0 Å². The van der Waals surface area contributed by atoms with Gasteiger partial charge in [-0.3, -0.25) is 4.90 Å². The van der Waals surface area contributed by atoms with Gasteiger partial charge >= 0.3 is 0 Å². The zero-order chi connectivity index (χ0) is 18.9. The Hall–Kier alpha value is -2.47. The third-order valence-corrected chi connectivity index (χ3v) is 4.17. The normalized spacial score (nSPS) is 12.4. The smallest absolute Gasteiger partial charge is 0.123 e. The van der Waals surface area contributed by atoms with Crippen LogP contribution in [-0.4, -0.2) is 29.3 Å². The van der Waals surface area contributed by atoms with E-state index in [0.29, 0.717) is 26.2 Å². The van der Waals surface area contributed by atoms with Crippen molar-refractivity contribution in [3.8, 4) is 0 Å². The third kappa shape index (κ3) is 6.64. The molecule has 0 radical (unpaired) electrons. The van der Waals surface area contributed by atoms with E-state index in [2.05, 4.69) is 4.90 Å². The average Bonchev–Trinajstić information content (AvgIpc) is 3.17. The fourth-order valence-corrected chi connectivity index (χ4v) is 2.89. The minimum atomic E-state index is -0.635. The summed E-state index contributed by atoms with van der Waals surface area (Å²) in [6.45, 7) is 2.27. The van der Waals surface area contributed by atoms with E-state index in [-0.39, 0.29) is 12.4 Å². The molecule has 0 saturated heterocycles. The van der Waals surface area contributed by atoms with Gasteiger partial charge in [-0.2, -0.15) is 0 Å². The van der Waals surface area contributed by atoms with Crippen LogP contribution >= 0.6 is 0 Å². The highest BCUT2D eigenvalue weighted by molar-refractivity contribution is 5.16. The fraction of sp³-hybridized carbons (Fsp3) is 0.273. The molecule has 27 heavy (non-hydrogen) atoms. The Kier molecular flexibility index (Phi) is 7.16. The highest BCUT2D eigenvalue weighted by Gasteiger charge is 2.15. The van der Waals surface area contributed by atoms with Gasteiger partial charge in [-0.25, -0.2) is 4.39 Å². The summed E-state index contributed by atoms with van der Waals surface area (Å²) in [4.78, 5) is 2.06. The Morgan fingerprint density at radius 3 is 2.41 bits per heavy atom. The number of rotatable bonds is 10. The molecule has 142 valence electrons. The lowest BCUT2D eigenvalue weighted by molar-refractivity contribution is 0.00613. The maximum Gasteiger partial charge on any atom is 0.123 e. The molecule has 0 amide bonds. The van der Waals surface area contributed by atoms with Crippen LogP contribution in [0.25, 0.3) is 0 Å². The van der Waals surface area contributed by atoms with Gasteiger partial charge in [0.25, 0.3) is 0 Å². The lowest BCUT2D eigenvalue weighted by Crippen LogP contribution is -2.34. The predicted molar refractivity (Wildman–Crippen MR) is 101 cm³/mol. The molecule has 0 aliphatic heterocycles. The lowest BCUT2D eigenvalue weighted by atomic mass is 10.2. The van der Waals surface area contributed by atoms with Gasteiger partial charge in [-0.05, 0) is 35.4 Å². The molecule has 0 aliphatic rings. The van der Waals surface area contributed by atoms with E-state index in [0.717, 1.165) is 16.9 Å². The second-order valence-corrected chi connectivity index (χ2v) is 6.53. The molecule has 0 saturated carbocycles. The van der Waals surface area contributed by atoms with E-state index in [1.165, 1.54) is 12.1 Å². The number of halogens is 1. The molecule has 0 bridgehead atoms. The van der Waals surface area contributed by atoms with E-state index >= 15 is 0 Å². The standard InChI is InChI=1S/C22H24FNO3/c23-20-10-8-18(9-11-20)13-24(15-22-7-4-12-27-22)14-21(25)17-26-16-19-5-2-1-3-6-19/h1-12,21,25H,13-17H2. The largest absolute Gasteiger partial charge is 0.468 e. The summed E-state index contributed by atoms with van der Waals surface area (Å²) in [7, 11) is 0. The first-order valence-electron chi connectivity index (χ1n) is 8.98. The molecule has 1 N–H and O–H groups in total. The molecular formula is C22H24FNO3. The molecule has 1 aromatic heterocycles. The highest BCUT2D eigenvalue weighted by atomic mass is 19.1. The van der Waals surface area contributed by atoms with Crippen LogP contribution in [0.1, 0.15) is 16.9 Å². The maximum atomic E-state index is 13.1. The van der Waals surface area contributed by atoms with Gasteiger partial charge in [-0.1, -0.05) is 42.5 Å². The summed E-state index contributed by atoms with van der Waals surface area (Å²) in [5.74, 6) is 0.556. The summed E-state index contributed by atoms with van der Waals surface area (Å²) >= 11 is 0. The van der Waals surface area contributed by atoms with Crippen LogP contribution in [0.3, 0.4) is 0 Å². The van der Waals surface area contributed by atoms with E-state index in [4.69, 9.17) is 9.15 Å². The van der Waals surface area contributed by atoms with Gasteiger partial charge in [0.2, 0.25) is 0 Å². The first-order valence-corrected chi connectivity index (χ1v) is 8.98. The molecule has 0 fully saturated rings. The van der Waals surface area contributed by atoms with Crippen LogP contribution in [0.2, 0.25) is 0 Å². The van der Waals surface area contributed by atoms with Gasteiger partial charge in [0, 0.05) is 13.1 Å². The molecule has 1 unspecified atom stereocenters. The first kappa shape index (κ1) is 19.3. The van der Waals surface area contributed by atoms with Gasteiger partial charge in [-0.15, -0.1) is 0 Å². The zero-order valence-electron chi connectivity index (χ0n) is 15.1. The van der Waals surface area contributed by atoms with Gasteiger partial charge < -0.3 is 14.3 Å². The topological polar surface area (TPSA) is 45.8 Å². The number of ether oxygens (including phenoxy) is 1. The van der Waals surface area contributed by atoms with E-state index in [9.17, 15) is 9.50 Å². The van der Waals surface area contributed by atoms with Crippen molar-refractivity contribution in [2.45, 2.75) is 25.8 Å². The number of aliphatic hydroxyl groups is 1. The van der Waals surface area contributed by atoms with Crippen LogP contribution in [0, 0.1) is 5.82 Å². The van der Waals surface area contributed by atoms with Gasteiger partial charge in [0.1, 0.15) is 11.6 Å². The number of hydrogen-bond donors (Lipinski definition) is 1. The second kappa shape index (κ2) is 10.0. The Labute approximate surface area is 158 Å². The Bertz CT molecular complexity index is 775. The van der Waals surface area contributed by atoms with Crippen molar-refractivity contribution in [3.63, 3.8) is 0 Å². The molecular weight excluding hydrogens is 345 g/mol. The van der Waals surface area contributed by atoms with Crippen LogP contribution in [0.5, 0.6) is 0 Å². The molecule has 0 aliphatic carbocycles. The van der Waals surface area contributed by atoms with E-state index in [1.54, 1.807) is 18.4 Å². The maximum absolute atomic E-state index is 13.1. The zero-order valence-corrected chi connectivity index (χ0v) is 15.1. The summed E-state index contributed by atoms with van der Waals surface area (Å²) in [6.07, 6.45) is 0.995. The SMILES string of the molecule is OC(COCc1ccccc1)CN(Cc1ccc(F)cc1)Cc1ccco1.